The zero-order valence-electron chi connectivity index (χ0n) is 20.6. The summed E-state index contributed by atoms with van der Waals surface area (Å²) in [7, 11) is 0. The summed E-state index contributed by atoms with van der Waals surface area (Å²) in [5, 5.41) is 9.97. The van der Waals surface area contributed by atoms with Gasteiger partial charge in [0.1, 0.15) is 23.0 Å². The number of ether oxygens (including phenoxy) is 2. The third kappa shape index (κ3) is 5.90. The lowest BCUT2D eigenvalue weighted by molar-refractivity contribution is -0.118. The Morgan fingerprint density at radius 1 is 1.00 bits per heavy atom. The van der Waals surface area contributed by atoms with Crippen LogP contribution in [0.25, 0.3) is 0 Å². The Morgan fingerprint density at radius 2 is 1.83 bits per heavy atom. The number of rotatable bonds is 8. The van der Waals surface area contributed by atoms with Gasteiger partial charge in [-0.3, -0.25) is 4.79 Å². The van der Waals surface area contributed by atoms with E-state index in [-0.39, 0.29) is 17.6 Å². The lowest BCUT2D eigenvalue weighted by Crippen LogP contribution is -2.30. The summed E-state index contributed by atoms with van der Waals surface area (Å²) in [6.07, 6.45) is 10.4. The number of unbranched alkanes of at least 4 members (excludes halogenated alkanes) is 1. The van der Waals surface area contributed by atoms with E-state index in [4.69, 9.17) is 9.47 Å². The highest BCUT2D eigenvalue weighted by Gasteiger charge is 2.35. The summed E-state index contributed by atoms with van der Waals surface area (Å²) in [5.41, 5.74) is 3.60. The van der Waals surface area contributed by atoms with Gasteiger partial charge < -0.3 is 19.5 Å². The second kappa shape index (κ2) is 11.3. The van der Waals surface area contributed by atoms with Crippen molar-refractivity contribution in [3.63, 3.8) is 0 Å². The number of hydrogen-bond donors (Lipinski definition) is 1. The number of aromatic hydroxyl groups is 1. The minimum absolute atomic E-state index is 0.123. The summed E-state index contributed by atoms with van der Waals surface area (Å²) < 4.78 is 12.1. The third-order valence-electron chi connectivity index (χ3n) is 7.74. The van der Waals surface area contributed by atoms with E-state index < -0.39 is 0 Å². The first kappa shape index (κ1) is 23.9. The van der Waals surface area contributed by atoms with Gasteiger partial charge in [-0.25, -0.2) is 0 Å². The Bertz CT molecular complexity index is 1040. The van der Waals surface area contributed by atoms with Crippen molar-refractivity contribution >= 4 is 5.78 Å². The largest absolute Gasteiger partial charge is 0.508 e. The summed E-state index contributed by atoms with van der Waals surface area (Å²) in [6, 6.07) is 13.9. The first-order chi connectivity index (χ1) is 17.2. The molecule has 186 valence electrons. The fraction of sp³-hybridized carbons (Fsp3) is 0.500. The van der Waals surface area contributed by atoms with Crippen molar-refractivity contribution in [3.8, 4) is 17.2 Å². The Kier molecular flexibility index (Phi) is 7.72. The topological polar surface area (TPSA) is 59.0 Å². The molecule has 2 heterocycles. The van der Waals surface area contributed by atoms with E-state index in [0.717, 1.165) is 36.5 Å². The normalized spacial score (nSPS) is 22.7. The van der Waals surface area contributed by atoms with Crippen LogP contribution >= 0.6 is 0 Å². The van der Waals surface area contributed by atoms with Crippen LogP contribution in [-0.4, -0.2) is 48.6 Å². The zero-order chi connectivity index (χ0) is 24.0. The molecule has 0 amide bonds. The summed E-state index contributed by atoms with van der Waals surface area (Å²) in [4.78, 5) is 14.4. The van der Waals surface area contributed by atoms with Gasteiger partial charge in [0.05, 0.1) is 13.2 Å². The number of carbonyl (C=O) groups excluding carboxylic acids is 1. The standard InChI is InChI=1S/C30H37NO4/c32-24-10-6-22(7-11-24)28-21-35-29-20-25(33)12-15-27(29)30(28)23-8-13-26(14-9-23)34-19-5-4-18-31-16-2-1-3-17-31/h6,8-9,12-15,20,28,30,33H,1-5,7,10-11,16-19,21H2/t28-,30-/m1/s1. The van der Waals surface area contributed by atoms with Gasteiger partial charge in [-0.05, 0) is 75.5 Å². The van der Waals surface area contributed by atoms with Gasteiger partial charge in [-0.2, -0.15) is 0 Å². The van der Waals surface area contributed by atoms with Crippen molar-refractivity contribution in [1.29, 1.82) is 0 Å². The van der Waals surface area contributed by atoms with Crippen LogP contribution in [0.15, 0.2) is 54.1 Å². The highest BCUT2D eigenvalue weighted by molar-refractivity contribution is 5.81. The number of ketones is 1. The molecule has 5 nitrogen and oxygen atoms in total. The maximum absolute atomic E-state index is 11.8. The first-order valence-electron chi connectivity index (χ1n) is 13.3. The van der Waals surface area contributed by atoms with Crippen LogP contribution in [0.3, 0.4) is 0 Å². The number of phenols is 1. The Hall–Kier alpha value is -2.79. The third-order valence-corrected chi connectivity index (χ3v) is 7.74. The number of allylic oxidation sites excluding steroid dienone is 1. The highest BCUT2D eigenvalue weighted by Crippen LogP contribution is 2.46. The molecular formula is C30H37NO4. The second-order valence-corrected chi connectivity index (χ2v) is 10.2. The maximum Gasteiger partial charge on any atom is 0.136 e. The van der Waals surface area contributed by atoms with Crippen molar-refractivity contribution < 1.29 is 19.4 Å². The lowest BCUT2D eigenvalue weighted by Gasteiger charge is -2.36. The van der Waals surface area contributed by atoms with E-state index in [1.807, 2.05) is 6.07 Å². The second-order valence-electron chi connectivity index (χ2n) is 10.2. The minimum Gasteiger partial charge on any atom is -0.508 e. The molecule has 1 aliphatic carbocycles. The number of hydrogen-bond acceptors (Lipinski definition) is 5. The van der Waals surface area contributed by atoms with Crippen LogP contribution in [0.4, 0.5) is 0 Å². The summed E-state index contributed by atoms with van der Waals surface area (Å²) in [6.45, 7) is 4.99. The number of fused-ring (bicyclic) bond motifs is 1. The smallest absolute Gasteiger partial charge is 0.136 e. The number of likely N-dealkylation sites (tertiary alicyclic amines) is 1. The molecule has 1 fully saturated rings. The molecule has 35 heavy (non-hydrogen) atoms. The molecule has 5 rings (SSSR count). The molecule has 3 aliphatic rings. The van der Waals surface area contributed by atoms with Crippen LogP contribution in [0.1, 0.15) is 68.4 Å². The number of Topliss-reactive ketones (excluding diaryl/α,β-unsaturated/α-hetero) is 1. The summed E-state index contributed by atoms with van der Waals surface area (Å²) in [5.74, 6) is 2.48. The highest BCUT2D eigenvalue weighted by atomic mass is 16.5. The van der Waals surface area contributed by atoms with Gasteiger partial charge in [0.15, 0.2) is 0 Å². The van der Waals surface area contributed by atoms with Crippen molar-refractivity contribution in [3.05, 3.63) is 65.2 Å². The van der Waals surface area contributed by atoms with Gasteiger partial charge in [0.2, 0.25) is 0 Å². The fourth-order valence-corrected chi connectivity index (χ4v) is 5.78. The molecule has 0 unspecified atom stereocenters. The molecule has 0 spiro atoms. The van der Waals surface area contributed by atoms with Gasteiger partial charge in [-0.15, -0.1) is 0 Å². The molecule has 2 aliphatic heterocycles. The fourth-order valence-electron chi connectivity index (χ4n) is 5.78. The first-order valence-corrected chi connectivity index (χ1v) is 13.3. The monoisotopic (exact) mass is 475 g/mol. The Morgan fingerprint density at radius 3 is 2.60 bits per heavy atom. The van der Waals surface area contributed by atoms with Gasteiger partial charge in [-0.1, -0.05) is 36.3 Å². The van der Waals surface area contributed by atoms with Gasteiger partial charge in [0, 0.05) is 36.3 Å². The Balaban J connectivity index is 1.25. The van der Waals surface area contributed by atoms with E-state index in [2.05, 4.69) is 35.2 Å². The number of benzene rings is 2. The van der Waals surface area contributed by atoms with E-state index in [1.54, 1.807) is 12.1 Å². The van der Waals surface area contributed by atoms with E-state index >= 15 is 0 Å². The van der Waals surface area contributed by atoms with Crippen molar-refractivity contribution in [2.24, 2.45) is 5.92 Å². The van der Waals surface area contributed by atoms with Gasteiger partial charge in [0.25, 0.3) is 0 Å². The molecule has 5 heteroatoms. The van der Waals surface area contributed by atoms with Crippen molar-refractivity contribution in [2.75, 3.05) is 32.8 Å². The Labute approximate surface area is 208 Å². The predicted molar refractivity (Wildman–Crippen MR) is 137 cm³/mol. The SMILES string of the molecule is O=C1CC=C([C@H]2COc3cc(O)ccc3[C@H]2c2ccc(OCCCCN3CCCCC3)cc2)CC1. The average molecular weight is 476 g/mol. The molecule has 2 aromatic carbocycles. The van der Waals surface area contributed by atoms with Crippen LogP contribution in [-0.2, 0) is 4.79 Å². The van der Waals surface area contributed by atoms with Crippen LogP contribution in [0, 0.1) is 5.92 Å². The maximum atomic E-state index is 11.8. The van der Waals surface area contributed by atoms with E-state index in [9.17, 15) is 9.90 Å². The molecule has 0 radical (unpaired) electrons. The molecule has 0 saturated carbocycles. The van der Waals surface area contributed by atoms with Crippen molar-refractivity contribution in [2.45, 2.75) is 57.3 Å². The van der Waals surface area contributed by atoms with Crippen molar-refractivity contribution in [1.82, 2.24) is 4.90 Å². The predicted octanol–water partition coefficient (Wildman–Crippen LogP) is 5.86. The molecule has 1 saturated heterocycles. The van der Waals surface area contributed by atoms with Crippen LogP contribution in [0.5, 0.6) is 17.2 Å². The number of phenolic OH excluding ortho intramolecular Hbond substituents is 1. The van der Waals surface area contributed by atoms with Crippen LogP contribution < -0.4 is 9.47 Å². The molecule has 2 aromatic rings. The number of piperidine rings is 1. The zero-order valence-corrected chi connectivity index (χ0v) is 20.6. The molecule has 2 atom stereocenters. The van der Waals surface area contributed by atoms with Crippen LogP contribution in [0.2, 0.25) is 0 Å². The molecule has 0 bridgehead atoms. The van der Waals surface area contributed by atoms with E-state index in [1.165, 1.54) is 56.5 Å². The molecule has 1 N–H and O–H groups in total. The number of nitrogens with zero attached hydrogens (tertiary/aromatic N) is 1. The minimum atomic E-state index is 0.123. The number of carbonyl (C=O) groups is 1. The summed E-state index contributed by atoms with van der Waals surface area (Å²) >= 11 is 0. The average Bonchev–Trinajstić information content (AvgIpc) is 2.89. The lowest BCUT2D eigenvalue weighted by atomic mass is 9.73. The molecule has 0 aromatic heterocycles. The van der Waals surface area contributed by atoms with Gasteiger partial charge >= 0.3 is 0 Å². The van der Waals surface area contributed by atoms with E-state index in [0.29, 0.717) is 25.2 Å². The molecular weight excluding hydrogens is 438 g/mol. The quantitative estimate of drug-likeness (QED) is 0.383.